The van der Waals surface area contributed by atoms with Gasteiger partial charge in [0.05, 0.1) is 16.4 Å². The van der Waals surface area contributed by atoms with E-state index >= 15 is 0 Å². The van der Waals surface area contributed by atoms with E-state index < -0.39 is 5.60 Å². The molecule has 1 unspecified atom stereocenters. The van der Waals surface area contributed by atoms with Crippen LogP contribution in [0.1, 0.15) is 31.5 Å². The normalized spacial score (nSPS) is 14.2. The van der Waals surface area contributed by atoms with Crippen LogP contribution in [0.5, 0.6) is 0 Å². The Morgan fingerprint density at radius 1 is 1.45 bits per heavy atom. The van der Waals surface area contributed by atoms with Crippen molar-refractivity contribution in [3.05, 3.63) is 52.0 Å². The molecule has 20 heavy (non-hydrogen) atoms. The summed E-state index contributed by atoms with van der Waals surface area (Å²) in [7, 11) is 0. The van der Waals surface area contributed by atoms with Gasteiger partial charge in [0.25, 0.3) is 0 Å². The Morgan fingerprint density at radius 2 is 2.20 bits per heavy atom. The van der Waals surface area contributed by atoms with E-state index in [1.165, 1.54) is 12.1 Å². The maximum absolute atomic E-state index is 13.3. The molecule has 0 fully saturated rings. The minimum Gasteiger partial charge on any atom is -0.383 e. The van der Waals surface area contributed by atoms with Gasteiger partial charge < -0.3 is 5.11 Å². The lowest BCUT2D eigenvalue weighted by atomic mass is 9.93. The summed E-state index contributed by atoms with van der Waals surface area (Å²) >= 11 is 3.43. The van der Waals surface area contributed by atoms with Crippen molar-refractivity contribution < 1.29 is 9.50 Å². The highest BCUT2D eigenvalue weighted by Gasteiger charge is 2.30. The first kappa shape index (κ1) is 15.2. The molecule has 2 aromatic rings. The lowest BCUT2D eigenvalue weighted by molar-refractivity contribution is 0.0469. The Balaban J connectivity index is 2.32. The SMILES string of the molecule is CCCn1ncc(Br)c1C(C)(O)Cc1cccc(F)c1. The molecule has 0 aliphatic heterocycles. The van der Waals surface area contributed by atoms with Crippen molar-refractivity contribution in [2.24, 2.45) is 0 Å². The van der Waals surface area contributed by atoms with E-state index in [2.05, 4.69) is 28.0 Å². The monoisotopic (exact) mass is 340 g/mol. The maximum atomic E-state index is 13.3. The molecule has 0 saturated heterocycles. The van der Waals surface area contributed by atoms with Gasteiger partial charge in [-0.25, -0.2) is 4.39 Å². The minimum atomic E-state index is -1.11. The molecule has 0 amide bonds. The molecule has 0 bridgehead atoms. The predicted octanol–water partition coefficient (Wildman–Crippen LogP) is 3.64. The van der Waals surface area contributed by atoms with Crippen LogP contribution in [0.3, 0.4) is 0 Å². The fourth-order valence-electron chi connectivity index (χ4n) is 2.41. The molecule has 0 aliphatic carbocycles. The molecular weight excluding hydrogens is 323 g/mol. The average molecular weight is 341 g/mol. The molecule has 0 aliphatic rings. The van der Waals surface area contributed by atoms with Gasteiger partial charge >= 0.3 is 0 Å². The number of aryl methyl sites for hydroxylation is 1. The zero-order valence-corrected chi connectivity index (χ0v) is 13.2. The number of rotatable bonds is 5. The summed E-state index contributed by atoms with van der Waals surface area (Å²) in [6, 6.07) is 6.31. The van der Waals surface area contributed by atoms with Gasteiger partial charge in [-0.15, -0.1) is 0 Å². The number of nitrogens with zero attached hydrogens (tertiary/aromatic N) is 2. The number of hydrogen-bond donors (Lipinski definition) is 1. The molecule has 1 N–H and O–H groups in total. The van der Waals surface area contributed by atoms with E-state index in [1.807, 2.05) is 6.07 Å². The summed E-state index contributed by atoms with van der Waals surface area (Å²) in [6.45, 7) is 4.52. The van der Waals surface area contributed by atoms with Crippen LogP contribution in [0.4, 0.5) is 4.39 Å². The van der Waals surface area contributed by atoms with Crippen molar-refractivity contribution in [2.45, 2.75) is 38.8 Å². The Hall–Kier alpha value is -1.20. The van der Waals surface area contributed by atoms with Gasteiger partial charge in [-0.1, -0.05) is 19.1 Å². The topological polar surface area (TPSA) is 38.0 Å². The zero-order chi connectivity index (χ0) is 14.8. The van der Waals surface area contributed by atoms with E-state index in [-0.39, 0.29) is 5.82 Å². The molecule has 1 atom stereocenters. The van der Waals surface area contributed by atoms with Crippen molar-refractivity contribution in [2.75, 3.05) is 0 Å². The van der Waals surface area contributed by atoms with E-state index in [9.17, 15) is 9.50 Å². The molecule has 0 radical (unpaired) electrons. The molecular formula is C15H18BrFN2O. The molecule has 2 rings (SSSR count). The largest absolute Gasteiger partial charge is 0.383 e. The van der Waals surface area contributed by atoms with Crippen molar-refractivity contribution in [3.63, 3.8) is 0 Å². The summed E-state index contributed by atoms with van der Waals surface area (Å²) in [5.41, 5.74) is 0.368. The quantitative estimate of drug-likeness (QED) is 0.902. The minimum absolute atomic E-state index is 0.292. The van der Waals surface area contributed by atoms with Crippen molar-refractivity contribution in [1.29, 1.82) is 0 Å². The van der Waals surface area contributed by atoms with Crippen LogP contribution in [0.15, 0.2) is 34.9 Å². The number of halogens is 2. The van der Waals surface area contributed by atoms with Crippen LogP contribution in [-0.4, -0.2) is 14.9 Å². The Labute approximate surface area is 126 Å². The average Bonchev–Trinajstić information content (AvgIpc) is 2.71. The summed E-state index contributed by atoms with van der Waals surface area (Å²) in [4.78, 5) is 0. The molecule has 0 spiro atoms. The lowest BCUT2D eigenvalue weighted by Gasteiger charge is -2.25. The number of benzene rings is 1. The second-order valence-corrected chi connectivity index (χ2v) is 6.00. The Morgan fingerprint density at radius 3 is 2.85 bits per heavy atom. The van der Waals surface area contributed by atoms with Crippen LogP contribution >= 0.6 is 15.9 Å². The molecule has 0 saturated carbocycles. The standard InChI is InChI=1S/C15H18BrFN2O/c1-3-7-19-14(13(16)10-18-19)15(2,20)9-11-5-4-6-12(17)8-11/h4-6,8,10,20H,3,7,9H2,1-2H3. The molecule has 1 aromatic carbocycles. The van der Waals surface area contributed by atoms with E-state index in [0.29, 0.717) is 6.42 Å². The lowest BCUT2D eigenvalue weighted by Crippen LogP contribution is -2.28. The predicted molar refractivity (Wildman–Crippen MR) is 79.9 cm³/mol. The van der Waals surface area contributed by atoms with Crippen molar-refractivity contribution in [3.8, 4) is 0 Å². The van der Waals surface area contributed by atoms with Crippen molar-refractivity contribution >= 4 is 15.9 Å². The van der Waals surface area contributed by atoms with Crippen LogP contribution in [0, 0.1) is 5.82 Å². The van der Waals surface area contributed by atoms with E-state index in [1.54, 1.807) is 23.9 Å². The first-order valence-electron chi connectivity index (χ1n) is 6.62. The summed E-state index contributed by atoms with van der Waals surface area (Å²) in [6.07, 6.45) is 2.95. The Kier molecular flexibility index (Phi) is 4.60. The fourth-order valence-corrected chi connectivity index (χ4v) is 3.13. The summed E-state index contributed by atoms with van der Waals surface area (Å²) < 4.78 is 15.8. The maximum Gasteiger partial charge on any atom is 0.123 e. The van der Waals surface area contributed by atoms with Crippen LogP contribution < -0.4 is 0 Å². The molecule has 1 aromatic heterocycles. The molecule has 108 valence electrons. The molecule has 1 heterocycles. The van der Waals surface area contributed by atoms with Crippen LogP contribution in [-0.2, 0) is 18.6 Å². The van der Waals surface area contributed by atoms with Crippen LogP contribution in [0.25, 0.3) is 0 Å². The van der Waals surface area contributed by atoms with Gasteiger partial charge in [-0.05, 0) is 47.0 Å². The van der Waals surface area contributed by atoms with E-state index in [4.69, 9.17) is 0 Å². The zero-order valence-electron chi connectivity index (χ0n) is 11.6. The van der Waals surface area contributed by atoms with Gasteiger partial charge in [-0.2, -0.15) is 5.10 Å². The number of aliphatic hydroxyl groups is 1. The van der Waals surface area contributed by atoms with Gasteiger partial charge in [0.15, 0.2) is 0 Å². The highest BCUT2D eigenvalue weighted by molar-refractivity contribution is 9.10. The highest BCUT2D eigenvalue weighted by atomic mass is 79.9. The third-order valence-corrected chi connectivity index (χ3v) is 3.76. The van der Waals surface area contributed by atoms with Crippen molar-refractivity contribution in [1.82, 2.24) is 9.78 Å². The second-order valence-electron chi connectivity index (χ2n) is 5.14. The fraction of sp³-hybridized carbons (Fsp3) is 0.400. The number of aromatic nitrogens is 2. The van der Waals surface area contributed by atoms with Gasteiger partial charge in [0.2, 0.25) is 0 Å². The first-order chi connectivity index (χ1) is 9.44. The molecule has 5 heteroatoms. The first-order valence-corrected chi connectivity index (χ1v) is 7.42. The third-order valence-electron chi connectivity index (χ3n) is 3.18. The smallest absolute Gasteiger partial charge is 0.123 e. The number of hydrogen-bond acceptors (Lipinski definition) is 2. The Bertz CT molecular complexity index is 595. The summed E-state index contributed by atoms with van der Waals surface area (Å²) in [5, 5.41) is 15.1. The highest BCUT2D eigenvalue weighted by Crippen LogP contribution is 2.31. The van der Waals surface area contributed by atoms with Gasteiger partial charge in [-0.3, -0.25) is 4.68 Å². The van der Waals surface area contributed by atoms with E-state index in [0.717, 1.165) is 28.7 Å². The van der Waals surface area contributed by atoms with Gasteiger partial charge in [0.1, 0.15) is 11.4 Å². The van der Waals surface area contributed by atoms with Crippen LogP contribution in [0.2, 0.25) is 0 Å². The third kappa shape index (κ3) is 3.27. The summed E-state index contributed by atoms with van der Waals surface area (Å²) in [5.74, 6) is -0.292. The molecule has 3 nitrogen and oxygen atoms in total. The van der Waals surface area contributed by atoms with Gasteiger partial charge in [0, 0.05) is 13.0 Å². The second kappa shape index (κ2) is 6.06.